The summed E-state index contributed by atoms with van der Waals surface area (Å²) in [6.07, 6.45) is 2.27. The van der Waals surface area contributed by atoms with Gasteiger partial charge in [0.15, 0.2) is 0 Å². The van der Waals surface area contributed by atoms with Crippen LogP contribution in [0.3, 0.4) is 0 Å². The predicted octanol–water partition coefficient (Wildman–Crippen LogP) is 0.131. The largest absolute Gasteiger partial charge is 0.389 e. The molecule has 5 heteroatoms. The minimum absolute atomic E-state index is 0.155. The van der Waals surface area contributed by atoms with Crippen LogP contribution in [0.15, 0.2) is 0 Å². The van der Waals surface area contributed by atoms with Gasteiger partial charge in [0, 0.05) is 29.4 Å². The number of hydrogen-bond acceptors (Lipinski definition) is 4. The quantitative estimate of drug-likeness (QED) is 0.560. The lowest BCUT2D eigenvalue weighted by Gasteiger charge is -2.13. The Morgan fingerprint density at radius 2 is 2.13 bits per heavy atom. The summed E-state index contributed by atoms with van der Waals surface area (Å²) < 4.78 is 16.0. The molecule has 2 unspecified atom stereocenters. The highest BCUT2D eigenvalue weighted by atomic mass is 32.2. The van der Waals surface area contributed by atoms with Crippen LogP contribution in [0, 0.1) is 0 Å². The minimum atomic E-state index is -0.717. The Morgan fingerprint density at radius 3 is 2.67 bits per heavy atom. The van der Waals surface area contributed by atoms with Crippen molar-refractivity contribution in [2.75, 3.05) is 31.7 Å². The zero-order valence-corrected chi connectivity index (χ0v) is 10.7. The summed E-state index contributed by atoms with van der Waals surface area (Å²) in [5.41, 5.74) is 0. The van der Waals surface area contributed by atoms with Crippen molar-refractivity contribution in [2.45, 2.75) is 32.5 Å². The molecule has 0 saturated heterocycles. The van der Waals surface area contributed by atoms with Crippen molar-refractivity contribution in [3.8, 4) is 0 Å². The van der Waals surface area contributed by atoms with Gasteiger partial charge in [-0.15, -0.1) is 0 Å². The van der Waals surface area contributed by atoms with Gasteiger partial charge < -0.3 is 15.2 Å². The molecule has 2 N–H and O–H groups in total. The lowest BCUT2D eigenvalue weighted by Crippen LogP contribution is -2.32. The molecule has 0 amide bonds. The summed E-state index contributed by atoms with van der Waals surface area (Å²) >= 11 is 0. The van der Waals surface area contributed by atoms with Crippen molar-refractivity contribution >= 4 is 10.8 Å². The average Bonchev–Trinajstić information content (AvgIpc) is 2.13. The van der Waals surface area contributed by atoms with E-state index in [4.69, 9.17) is 4.74 Å². The highest BCUT2D eigenvalue weighted by Crippen LogP contribution is 1.91. The number of rotatable bonds is 9. The molecule has 0 fully saturated rings. The van der Waals surface area contributed by atoms with Gasteiger partial charge in [0.05, 0.1) is 18.8 Å². The lowest BCUT2D eigenvalue weighted by atomic mass is 10.3. The maximum absolute atomic E-state index is 10.7. The average molecular weight is 237 g/mol. The summed E-state index contributed by atoms with van der Waals surface area (Å²) in [7, 11) is -0.717. The highest BCUT2D eigenvalue weighted by molar-refractivity contribution is 7.84. The molecule has 0 spiro atoms. The molecule has 0 saturated carbocycles. The number of nitrogens with one attached hydrogen (secondary N) is 1. The molecule has 0 aliphatic carbocycles. The van der Waals surface area contributed by atoms with Gasteiger partial charge in [-0.25, -0.2) is 0 Å². The smallest absolute Gasteiger partial charge is 0.0897 e. The van der Waals surface area contributed by atoms with Gasteiger partial charge in [-0.3, -0.25) is 4.21 Å². The Hall–Kier alpha value is 0.0300. The third-order valence-electron chi connectivity index (χ3n) is 1.79. The minimum Gasteiger partial charge on any atom is -0.389 e. The van der Waals surface area contributed by atoms with E-state index in [1.54, 1.807) is 6.26 Å². The van der Waals surface area contributed by atoms with E-state index in [-0.39, 0.29) is 6.10 Å². The zero-order chi connectivity index (χ0) is 11.7. The number of hydrogen-bond donors (Lipinski definition) is 2. The summed E-state index contributed by atoms with van der Waals surface area (Å²) in [5.74, 6) is 0.714. The van der Waals surface area contributed by atoms with Crippen molar-refractivity contribution in [3.05, 3.63) is 0 Å². The molecule has 0 aromatic carbocycles. The molecule has 0 aliphatic rings. The Balaban J connectivity index is 3.23. The molecule has 4 nitrogen and oxygen atoms in total. The number of ether oxygens (including phenoxy) is 1. The first-order valence-electron chi connectivity index (χ1n) is 5.32. The fourth-order valence-corrected chi connectivity index (χ4v) is 1.58. The van der Waals surface area contributed by atoms with Crippen LogP contribution < -0.4 is 5.32 Å². The van der Waals surface area contributed by atoms with Crippen LogP contribution >= 0.6 is 0 Å². The standard InChI is InChI=1S/C10H23NO3S/c1-9(2)14-8-10(12)7-11-5-4-6-15(3)13/h9-12H,4-8H2,1-3H3. The monoisotopic (exact) mass is 237 g/mol. The van der Waals surface area contributed by atoms with Crippen LogP contribution in [0.4, 0.5) is 0 Å². The second-order valence-electron chi connectivity index (χ2n) is 3.87. The third-order valence-corrected chi connectivity index (χ3v) is 2.65. The number of aliphatic hydroxyl groups is 1. The molecule has 0 heterocycles. The third kappa shape index (κ3) is 12.0. The van der Waals surface area contributed by atoms with Crippen molar-refractivity contribution in [2.24, 2.45) is 0 Å². The van der Waals surface area contributed by atoms with E-state index < -0.39 is 16.9 Å². The predicted molar refractivity (Wildman–Crippen MR) is 63.5 cm³/mol. The topological polar surface area (TPSA) is 58.6 Å². The van der Waals surface area contributed by atoms with Gasteiger partial charge in [-0.2, -0.15) is 0 Å². The molecule has 0 bridgehead atoms. The second kappa shape index (κ2) is 9.27. The molecular weight excluding hydrogens is 214 g/mol. The van der Waals surface area contributed by atoms with Crippen molar-refractivity contribution in [1.82, 2.24) is 5.32 Å². The molecule has 0 radical (unpaired) electrons. The maximum Gasteiger partial charge on any atom is 0.0897 e. The van der Waals surface area contributed by atoms with E-state index in [2.05, 4.69) is 5.32 Å². The first kappa shape index (κ1) is 15.0. The maximum atomic E-state index is 10.7. The van der Waals surface area contributed by atoms with E-state index in [1.807, 2.05) is 13.8 Å². The van der Waals surface area contributed by atoms with Crippen LogP contribution in [0.25, 0.3) is 0 Å². The SMILES string of the molecule is CC(C)OCC(O)CNCCCS(C)=O. The summed E-state index contributed by atoms with van der Waals surface area (Å²) in [6.45, 7) is 5.57. The van der Waals surface area contributed by atoms with Crippen LogP contribution in [-0.2, 0) is 15.5 Å². The van der Waals surface area contributed by atoms with Crippen LogP contribution in [-0.4, -0.2) is 53.2 Å². The highest BCUT2D eigenvalue weighted by Gasteiger charge is 2.04. The number of aliphatic hydroxyl groups excluding tert-OH is 1. The molecular formula is C10H23NO3S. The Labute approximate surface area is 94.9 Å². The molecule has 0 aliphatic heterocycles. The molecule has 15 heavy (non-hydrogen) atoms. The first-order valence-corrected chi connectivity index (χ1v) is 7.05. The van der Waals surface area contributed by atoms with Gasteiger partial charge in [0.1, 0.15) is 0 Å². The summed E-state index contributed by atoms with van der Waals surface area (Å²) in [4.78, 5) is 0. The van der Waals surface area contributed by atoms with Crippen LogP contribution in [0.1, 0.15) is 20.3 Å². The van der Waals surface area contributed by atoms with E-state index in [0.717, 1.165) is 13.0 Å². The van der Waals surface area contributed by atoms with Gasteiger partial charge in [0.25, 0.3) is 0 Å². The van der Waals surface area contributed by atoms with E-state index >= 15 is 0 Å². The second-order valence-corrected chi connectivity index (χ2v) is 5.43. The fourth-order valence-electron chi connectivity index (χ4n) is 1.03. The van der Waals surface area contributed by atoms with Crippen LogP contribution in [0.2, 0.25) is 0 Å². The van der Waals surface area contributed by atoms with Crippen LogP contribution in [0.5, 0.6) is 0 Å². The van der Waals surface area contributed by atoms with Gasteiger partial charge in [0.2, 0.25) is 0 Å². The van der Waals surface area contributed by atoms with Crippen molar-refractivity contribution < 1.29 is 14.1 Å². The fraction of sp³-hybridized carbons (Fsp3) is 1.00. The van der Waals surface area contributed by atoms with Crippen molar-refractivity contribution in [1.29, 1.82) is 0 Å². The Morgan fingerprint density at radius 1 is 1.47 bits per heavy atom. The Bertz CT molecular complexity index is 176. The lowest BCUT2D eigenvalue weighted by molar-refractivity contribution is 0.00650. The Kier molecular flexibility index (Phi) is 9.29. The van der Waals surface area contributed by atoms with Crippen molar-refractivity contribution in [3.63, 3.8) is 0 Å². The first-order chi connectivity index (χ1) is 7.02. The summed E-state index contributed by atoms with van der Waals surface area (Å²) in [6, 6.07) is 0. The zero-order valence-electron chi connectivity index (χ0n) is 9.86. The summed E-state index contributed by atoms with van der Waals surface area (Å²) in [5, 5.41) is 12.6. The van der Waals surface area contributed by atoms with E-state index in [0.29, 0.717) is 18.9 Å². The van der Waals surface area contributed by atoms with Gasteiger partial charge >= 0.3 is 0 Å². The molecule has 2 atom stereocenters. The van der Waals surface area contributed by atoms with Gasteiger partial charge in [-0.1, -0.05) is 0 Å². The molecule has 0 aromatic heterocycles. The van der Waals surface area contributed by atoms with Gasteiger partial charge in [-0.05, 0) is 26.8 Å². The van der Waals surface area contributed by atoms with E-state index in [9.17, 15) is 9.32 Å². The normalized spacial score (nSPS) is 15.5. The molecule has 0 aromatic rings. The van der Waals surface area contributed by atoms with E-state index in [1.165, 1.54) is 0 Å². The molecule has 0 rings (SSSR count). The molecule has 92 valence electrons.